The summed E-state index contributed by atoms with van der Waals surface area (Å²) in [7, 11) is -3.52. The largest absolute Gasteiger partial charge is 0.390 e. The molecule has 0 radical (unpaired) electrons. The Morgan fingerprint density at radius 1 is 1.38 bits per heavy atom. The van der Waals surface area contributed by atoms with Crippen LogP contribution in [0, 0.1) is 23.7 Å². The van der Waals surface area contributed by atoms with E-state index in [0.717, 1.165) is 19.1 Å². The number of carbonyl (C=O) groups is 1. The first-order valence-electron chi connectivity index (χ1n) is 8.73. The minimum absolute atomic E-state index is 0.149. The van der Waals surface area contributed by atoms with Crippen molar-refractivity contribution >= 4 is 15.6 Å². The van der Waals surface area contributed by atoms with Crippen LogP contribution in [0.3, 0.4) is 0 Å². The summed E-state index contributed by atoms with van der Waals surface area (Å²) in [5.74, 6) is 6.62. The average molecular weight is 381 g/mol. The quantitative estimate of drug-likeness (QED) is 0.758. The van der Waals surface area contributed by atoms with Crippen molar-refractivity contribution in [3.05, 3.63) is 17.5 Å². The normalized spacial score (nSPS) is 22.7. The molecule has 1 aromatic rings. The van der Waals surface area contributed by atoms with Crippen LogP contribution in [0.15, 0.2) is 10.6 Å². The fourth-order valence-corrected chi connectivity index (χ4v) is 3.96. The third kappa shape index (κ3) is 4.54. The predicted octanol–water partition coefficient (Wildman–Crippen LogP) is 2.15. The molecule has 1 aliphatic carbocycles. The van der Waals surface area contributed by atoms with Crippen molar-refractivity contribution in [2.45, 2.75) is 63.7 Å². The van der Waals surface area contributed by atoms with E-state index in [1.54, 1.807) is 6.07 Å². The lowest BCUT2D eigenvalue weighted by Crippen LogP contribution is -2.42. The maximum atomic E-state index is 11.9. The van der Waals surface area contributed by atoms with Gasteiger partial charge < -0.3 is 9.63 Å². The lowest BCUT2D eigenvalue weighted by Gasteiger charge is -2.40. The highest BCUT2D eigenvalue weighted by Crippen LogP contribution is 2.40. The van der Waals surface area contributed by atoms with Crippen molar-refractivity contribution in [1.29, 1.82) is 0 Å². The molecule has 0 bridgehead atoms. The van der Waals surface area contributed by atoms with Gasteiger partial charge in [-0.3, -0.25) is 4.79 Å². The van der Waals surface area contributed by atoms with E-state index in [9.17, 15) is 18.3 Å². The summed E-state index contributed by atoms with van der Waals surface area (Å²) in [6, 6.07) is 1.68. The molecule has 144 valence electrons. The molecule has 6 nitrogen and oxygen atoms in total. The van der Waals surface area contributed by atoms with Gasteiger partial charge in [0.05, 0.1) is 11.3 Å². The van der Waals surface area contributed by atoms with Crippen LogP contribution >= 0.6 is 0 Å². The second kappa shape index (κ2) is 7.16. The minimum atomic E-state index is -3.52. The zero-order valence-electron chi connectivity index (χ0n) is 16.0. The van der Waals surface area contributed by atoms with Gasteiger partial charge in [-0.25, -0.2) is 8.42 Å². The number of carbonyl (C=O) groups excluding carboxylic acids is 1. The first kappa shape index (κ1) is 20.7. The van der Waals surface area contributed by atoms with E-state index in [0.29, 0.717) is 17.9 Å². The van der Waals surface area contributed by atoms with Crippen LogP contribution in [-0.2, 0) is 21.1 Å². The van der Waals surface area contributed by atoms with Crippen molar-refractivity contribution in [3.63, 3.8) is 0 Å². The van der Waals surface area contributed by atoms with Gasteiger partial charge in [-0.05, 0) is 65.2 Å². The summed E-state index contributed by atoms with van der Waals surface area (Å²) < 4.78 is 27.6. The number of nitrogens with zero attached hydrogens (tertiary/aromatic N) is 1. The summed E-state index contributed by atoms with van der Waals surface area (Å²) >= 11 is 0. The minimum Gasteiger partial charge on any atom is -0.390 e. The van der Waals surface area contributed by atoms with E-state index >= 15 is 0 Å². The Labute approximate surface area is 155 Å². The summed E-state index contributed by atoms with van der Waals surface area (Å²) in [6.07, 6.45) is 3.27. The second-order valence-electron chi connectivity index (χ2n) is 8.03. The van der Waals surface area contributed by atoms with Gasteiger partial charge in [-0.2, -0.15) is 0 Å². The molecule has 0 saturated heterocycles. The van der Waals surface area contributed by atoms with E-state index in [4.69, 9.17) is 4.52 Å². The zero-order valence-corrected chi connectivity index (χ0v) is 16.8. The highest BCUT2D eigenvalue weighted by Gasteiger charge is 2.40. The number of sulfone groups is 1. The highest BCUT2D eigenvalue weighted by molar-refractivity contribution is 7.92. The van der Waals surface area contributed by atoms with Crippen LogP contribution in [0.2, 0.25) is 0 Å². The predicted molar refractivity (Wildman–Crippen MR) is 98.1 cm³/mol. The van der Waals surface area contributed by atoms with Crippen molar-refractivity contribution in [2.24, 2.45) is 11.8 Å². The molecule has 1 N–H and O–H groups in total. The van der Waals surface area contributed by atoms with Crippen LogP contribution in [0.5, 0.6) is 0 Å². The van der Waals surface area contributed by atoms with Crippen LogP contribution in [0.4, 0.5) is 0 Å². The monoisotopic (exact) mass is 381 g/mol. The van der Waals surface area contributed by atoms with Crippen LogP contribution in [0.1, 0.15) is 58.4 Å². The standard InChI is InChI=1S/C19H27NO5S/c1-13(21)19(4,26(5,23)24)9-8-16-12-17(25-20-16)7-6-14-10-15(11-14)18(2,3)22/h12,14-15,22H,8-11H2,1-5H3/t14?,15?,19-/m1/s1. The molecule has 0 unspecified atom stereocenters. The van der Waals surface area contributed by atoms with Crippen molar-refractivity contribution in [2.75, 3.05) is 6.26 Å². The highest BCUT2D eigenvalue weighted by atomic mass is 32.2. The molecule has 1 heterocycles. The van der Waals surface area contributed by atoms with E-state index < -0.39 is 20.2 Å². The van der Waals surface area contributed by atoms with Crippen LogP contribution < -0.4 is 0 Å². The second-order valence-corrected chi connectivity index (χ2v) is 10.5. The smallest absolute Gasteiger partial charge is 0.209 e. The Hall–Kier alpha value is -1.65. The lowest BCUT2D eigenvalue weighted by molar-refractivity contribution is -0.119. The maximum absolute atomic E-state index is 11.9. The molecule has 0 spiro atoms. The van der Waals surface area contributed by atoms with Gasteiger partial charge >= 0.3 is 0 Å². The number of ketones is 1. The molecule has 1 atom stereocenters. The fourth-order valence-electron chi connectivity index (χ4n) is 2.96. The van der Waals surface area contributed by atoms with Gasteiger partial charge in [-0.15, -0.1) is 0 Å². The van der Waals surface area contributed by atoms with Crippen LogP contribution in [-0.4, -0.2) is 41.1 Å². The first-order chi connectivity index (χ1) is 11.8. The fraction of sp³-hybridized carbons (Fsp3) is 0.684. The molecule has 0 aliphatic heterocycles. The van der Waals surface area contributed by atoms with Gasteiger partial charge in [-0.1, -0.05) is 11.1 Å². The third-order valence-corrected chi connectivity index (χ3v) is 7.65. The Balaban J connectivity index is 1.95. The van der Waals surface area contributed by atoms with Gasteiger partial charge in [0.15, 0.2) is 15.6 Å². The van der Waals surface area contributed by atoms with E-state index in [1.165, 1.54) is 13.8 Å². The van der Waals surface area contributed by atoms with Crippen molar-refractivity contribution < 1.29 is 22.8 Å². The number of hydrogen-bond donors (Lipinski definition) is 1. The Kier molecular flexibility index (Phi) is 5.69. The van der Waals surface area contributed by atoms with Crippen LogP contribution in [0.25, 0.3) is 0 Å². The van der Waals surface area contributed by atoms with Gasteiger partial charge in [0, 0.05) is 18.2 Å². The molecule has 1 aliphatic rings. The maximum Gasteiger partial charge on any atom is 0.209 e. The lowest BCUT2D eigenvalue weighted by atomic mass is 9.68. The molecular formula is C19H27NO5S. The number of aryl methyl sites for hydroxylation is 1. The number of hydrogen-bond acceptors (Lipinski definition) is 6. The third-order valence-electron chi connectivity index (χ3n) is 5.52. The number of aliphatic hydroxyl groups is 1. The van der Waals surface area contributed by atoms with Crippen molar-refractivity contribution in [1.82, 2.24) is 5.16 Å². The topological polar surface area (TPSA) is 97.5 Å². The summed E-state index contributed by atoms with van der Waals surface area (Å²) in [5.41, 5.74) is -0.0889. The molecule has 0 amide bonds. The van der Waals surface area contributed by atoms with Crippen molar-refractivity contribution in [3.8, 4) is 11.8 Å². The summed E-state index contributed by atoms with van der Waals surface area (Å²) in [4.78, 5) is 11.8. The molecule has 1 saturated carbocycles. The first-order valence-corrected chi connectivity index (χ1v) is 10.6. The zero-order chi connectivity index (χ0) is 19.8. The number of rotatable bonds is 6. The molecule has 26 heavy (non-hydrogen) atoms. The Morgan fingerprint density at radius 2 is 2.00 bits per heavy atom. The van der Waals surface area contributed by atoms with E-state index in [1.807, 2.05) is 13.8 Å². The number of aromatic nitrogens is 1. The molecule has 0 aromatic carbocycles. The molecule has 1 aromatic heterocycles. The molecular weight excluding hydrogens is 354 g/mol. The van der Waals surface area contributed by atoms with E-state index in [-0.39, 0.29) is 24.0 Å². The SMILES string of the molecule is CC(=O)[C@@](C)(CCc1cc(C#CC2CC(C(C)(C)O)C2)on1)S(C)(=O)=O. The molecule has 1 fully saturated rings. The Bertz CT molecular complexity index is 831. The van der Waals surface area contributed by atoms with E-state index in [2.05, 4.69) is 17.0 Å². The molecule has 7 heteroatoms. The summed E-state index contributed by atoms with van der Waals surface area (Å²) in [5, 5.41) is 13.8. The average Bonchev–Trinajstić information content (AvgIpc) is 2.88. The summed E-state index contributed by atoms with van der Waals surface area (Å²) in [6.45, 7) is 6.37. The number of Topliss-reactive ketones (excluding diaryl/α,β-unsaturated/α-hetero) is 1. The van der Waals surface area contributed by atoms with Gasteiger partial charge in [0.25, 0.3) is 0 Å². The van der Waals surface area contributed by atoms with Gasteiger partial charge in [0.2, 0.25) is 5.76 Å². The van der Waals surface area contributed by atoms with Gasteiger partial charge in [0.1, 0.15) is 4.75 Å². The Morgan fingerprint density at radius 3 is 2.50 bits per heavy atom. The molecule has 2 rings (SSSR count).